The van der Waals surface area contributed by atoms with Crippen molar-refractivity contribution < 1.29 is 24.2 Å². The third-order valence-corrected chi connectivity index (χ3v) is 6.01. The average molecular weight is 532 g/mol. The number of phenols is 1. The van der Waals surface area contributed by atoms with Gasteiger partial charge in [-0.1, -0.05) is 61.7 Å². The van der Waals surface area contributed by atoms with Gasteiger partial charge in [-0.05, 0) is 58.2 Å². The second kappa shape index (κ2) is 13.3. The summed E-state index contributed by atoms with van der Waals surface area (Å²) in [6, 6.07) is 9.15. The molecule has 202 valence electrons. The minimum Gasteiger partial charge on any atom is -0.507 e. The normalized spacial score (nSPS) is 12.0. The molecule has 0 aliphatic carbocycles. The molecule has 2 aromatic carbocycles. The molecule has 1 unspecified atom stereocenters. The second-order valence-corrected chi connectivity index (χ2v) is 10.4. The predicted octanol–water partition coefficient (Wildman–Crippen LogP) is 5.89. The molecule has 1 atom stereocenters. The first-order valence-corrected chi connectivity index (χ1v) is 12.8. The van der Waals surface area contributed by atoms with Gasteiger partial charge in [-0.15, -0.1) is 0 Å². The number of carbonyl (C=O) groups excluding carboxylic acids is 3. The zero-order chi connectivity index (χ0) is 27.8. The van der Waals surface area contributed by atoms with Gasteiger partial charge in [0.05, 0.1) is 10.7 Å². The molecular weight excluding hydrogens is 494 g/mol. The molecule has 3 amide bonds. The Bertz CT molecular complexity index is 1090. The number of aryl methyl sites for hydroxylation is 2. The van der Waals surface area contributed by atoms with Gasteiger partial charge < -0.3 is 25.4 Å². The predicted molar refractivity (Wildman–Crippen MR) is 146 cm³/mol. The Morgan fingerprint density at radius 1 is 1.05 bits per heavy atom. The topological polar surface area (TPSA) is 108 Å². The highest BCUT2D eigenvalue weighted by Gasteiger charge is 2.34. The van der Waals surface area contributed by atoms with E-state index in [-0.39, 0.29) is 24.4 Å². The van der Waals surface area contributed by atoms with E-state index in [1.54, 1.807) is 58.0 Å². The lowest BCUT2D eigenvalue weighted by molar-refractivity contribution is -0.138. The van der Waals surface area contributed by atoms with Gasteiger partial charge in [0.15, 0.2) is 0 Å². The summed E-state index contributed by atoms with van der Waals surface area (Å²) in [4.78, 5) is 40.9. The summed E-state index contributed by atoms with van der Waals surface area (Å²) in [5.41, 5.74) is 1.31. The lowest BCUT2D eigenvalue weighted by Gasteiger charge is -2.32. The van der Waals surface area contributed by atoms with Gasteiger partial charge in [0, 0.05) is 12.1 Å². The standard InChI is InChI=1S/C28H38ClN3O5/c1-7-8-9-16-32(22(33)17-30-27(36)37-28(4,5)6)24(20-14-10-13-19(3)25(20)34)26(35)31-23-18(2)12-11-15-21(23)29/h10-15,24,34H,7-9,16-17H2,1-6H3,(H,30,36)(H,31,35). The molecule has 0 fully saturated rings. The van der Waals surface area contributed by atoms with Gasteiger partial charge >= 0.3 is 6.09 Å². The number of carbonyl (C=O) groups is 3. The molecular formula is C28H38ClN3O5. The zero-order valence-electron chi connectivity index (χ0n) is 22.5. The van der Waals surface area contributed by atoms with Crippen LogP contribution in [-0.2, 0) is 14.3 Å². The molecule has 2 aromatic rings. The van der Waals surface area contributed by atoms with Gasteiger partial charge in [0.1, 0.15) is 23.9 Å². The smallest absolute Gasteiger partial charge is 0.408 e. The van der Waals surface area contributed by atoms with Crippen molar-refractivity contribution >= 4 is 35.2 Å². The Balaban J connectivity index is 2.47. The highest BCUT2D eigenvalue weighted by Crippen LogP contribution is 2.34. The number of phenolic OH excluding ortho intramolecular Hbond substituents is 1. The SMILES string of the molecule is CCCCCN(C(=O)CNC(=O)OC(C)(C)C)C(C(=O)Nc1c(C)cccc1Cl)c1cccc(C)c1O. The molecule has 0 aliphatic heterocycles. The fraction of sp³-hybridized carbons (Fsp3) is 0.464. The van der Waals surface area contributed by atoms with Gasteiger partial charge in [0.25, 0.3) is 5.91 Å². The summed E-state index contributed by atoms with van der Waals surface area (Å²) in [5, 5.41) is 16.6. The van der Waals surface area contributed by atoms with Gasteiger partial charge in [-0.25, -0.2) is 4.79 Å². The van der Waals surface area contributed by atoms with Crippen LogP contribution >= 0.6 is 11.6 Å². The van der Waals surface area contributed by atoms with E-state index in [9.17, 15) is 19.5 Å². The molecule has 9 heteroatoms. The molecule has 0 spiro atoms. The minimum absolute atomic E-state index is 0.0769. The number of hydrogen-bond acceptors (Lipinski definition) is 5. The molecule has 0 heterocycles. The number of benzene rings is 2. The first-order chi connectivity index (χ1) is 17.4. The van der Waals surface area contributed by atoms with E-state index in [0.717, 1.165) is 18.4 Å². The van der Waals surface area contributed by atoms with E-state index in [2.05, 4.69) is 10.6 Å². The highest BCUT2D eigenvalue weighted by molar-refractivity contribution is 6.34. The van der Waals surface area contributed by atoms with Crippen LogP contribution in [0.4, 0.5) is 10.5 Å². The molecule has 3 N–H and O–H groups in total. The van der Waals surface area contributed by atoms with Crippen LogP contribution in [-0.4, -0.2) is 46.6 Å². The second-order valence-electron chi connectivity index (χ2n) is 9.99. The number of ether oxygens (including phenoxy) is 1. The van der Waals surface area contributed by atoms with E-state index in [0.29, 0.717) is 22.7 Å². The molecule has 0 bridgehead atoms. The third-order valence-electron chi connectivity index (χ3n) is 5.70. The maximum Gasteiger partial charge on any atom is 0.408 e. The van der Waals surface area contributed by atoms with Crippen LogP contribution in [0, 0.1) is 13.8 Å². The van der Waals surface area contributed by atoms with Crippen molar-refractivity contribution in [2.45, 2.75) is 72.4 Å². The van der Waals surface area contributed by atoms with Crippen molar-refractivity contribution in [2.24, 2.45) is 0 Å². The molecule has 0 aliphatic rings. The van der Waals surface area contributed by atoms with E-state index < -0.39 is 29.6 Å². The number of halogens is 1. The summed E-state index contributed by atoms with van der Waals surface area (Å²) < 4.78 is 5.24. The fourth-order valence-electron chi connectivity index (χ4n) is 3.83. The first-order valence-electron chi connectivity index (χ1n) is 12.5. The Morgan fingerprint density at radius 2 is 1.70 bits per heavy atom. The van der Waals surface area contributed by atoms with Crippen LogP contribution in [0.15, 0.2) is 36.4 Å². The lowest BCUT2D eigenvalue weighted by Crippen LogP contribution is -2.47. The van der Waals surface area contributed by atoms with Crippen molar-refractivity contribution in [3.8, 4) is 5.75 Å². The van der Waals surface area contributed by atoms with Crippen LogP contribution in [0.1, 0.15) is 69.7 Å². The van der Waals surface area contributed by atoms with Crippen molar-refractivity contribution in [3.05, 3.63) is 58.1 Å². The summed E-state index contributed by atoms with van der Waals surface area (Å²) in [6.07, 6.45) is 1.64. The Kier molecular flexibility index (Phi) is 10.8. The summed E-state index contributed by atoms with van der Waals surface area (Å²) in [7, 11) is 0. The van der Waals surface area contributed by atoms with Crippen molar-refractivity contribution in [1.29, 1.82) is 0 Å². The fourth-order valence-corrected chi connectivity index (χ4v) is 4.10. The zero-order valence-corrected chi connectivity index (χ0v) is 23.2. The monoisotopic (exact) mass is 531 g/mol. The largest absolute Gasteiger partial charge is 0.507 e. The summed E-state index contributed by atoms with van der Waals surface area (Å²) >= 11 is 6.36. The maximum absolute atomic E-state index is 13.8. The van der Waals surface area contributed by atoms with Crippen LogP contribution in [0.25, 0.3) is 0 Å². The number of nitrogens with zero attached hydrogens (tertiary/aromatic N) is 1. The van der Waals surface area contributed by atoms with Crippen LogP contribution in [0.2, 0.25) is 5.02 Å². The van der Waals surface area contributed by atoms with Gasteiger partial charge in [-0.2, -0.15) is 0 Å². The molecule has 8 nitrogen and oxygen atoms in total. The number of aromatic hydroxyl groups is 1. The quantitative estimate of drug-likeness (QED) is 0.331. The van der Waals surface area contributed by atoms with Crippen LogP contribution in [0.5, 0.6) is 5.75 Å². The Hall–Kier alpha value is -3.26. The van der Waals surface area contributed by atoms with E-state index in [1.807, 2.05) is 19.9 Å². The number of alkyl carbamates (subject to hydrolysis) is 1. The Labute approximate surface area is 224 Å². The molecule has 0 saturated heterocycles. The molecule has 0 saturated carbocycles. The van der Waals surface area contributed by atoms with Crippen molar-refractivity contribution in [3.63, 3.8) is 0 Å². The number of hydrogen-bond donors (Lipinski definition) is 3. The molecule has 37 heavy (non-hydrogen) atoms. The average Bonchev–Trinajstić information content (AvgIpc) is 2.80. The van der Waals surface area contributed by atoms with Gasteiger partial charge in [0.2, 0.25) is 5.91 Å². The Morgan fingerprint density at radius 3 is 2.32 bits per heavy atom. The number of unbranched alkanes of at least 4 members (excludes halogenated alkanes) is 2. The maximum atomic E-state index is 13.8. The first kappa shape index (κ1) is 30.0. The third kappa shape index (κ3) is 8.67. The number of amides is 3. The number of nitrogens with one attached hydrogen (secondary N) is 2. The minimum atomic E-state index is -1.17. The van der Waals surface area contributed by atoms with E-state index >= 15 is 0 Å². The van der Waals surface area contributed by atoms with E-state index in [4.69, 9.17) is 16.3 Å². The lowest BCUT2D eigenvalue weighted by atomic mass is 9.99. The number of para-hydroxylation sites is 2. The van der Waals surface area contributed by atoms with Crippen LogP contribution in [0.3, 0.4) is 0 Å². The summed E-state index contributed by atoms with van der Waals surface area (Å²) in [5.74, 6) is -1.09. The molecule has 0 radical (unpaired) electrons. The number of anilines is 1. The van der Waals surface area contributed by atoms with Crippen molar-refractivity contribution in [2.75, 3.05) is 18.4 Å². The van der Waals surface area contributed by atoms with E-state index in [1.165, 1.54) is 4.90 Å². The van der Waals surface area contributed by atoms with Gasteiger partial charge in [-0.3, -0.25) is 9.59 Å². The molecule has 2 rings (SSSR count). The number of rotatable bonds is 10. The highest BCUT2D eigenvalue weighted by atomic mass is 35.5. The molecule has 0 aromatic heterocycles. The van der Waals surface area contributed by atoms with Crippen molar-refractivity contribution in [1.82, 2.24) is 10.2 Å². The van der Waals surface area contributed by atoms with Crippen LogP contribution < -0.4 is 10.6 Å². The summed E-state index contributed by atoms with van der Waals surface area (Å²) in [6.45, 7) is 10.6.